The first-order chi connectivity index (χ1) is 11.3. The summed E-state index contributed by atoms with van der Waals surface area (Å²) in [6.45, 7) is 14.1. The Bertz CT molecular complexity index is 417. The molecule has 0 aliphatic carbocycles. The molecule has 3 atom stereocenters. The van der Waals surface area contributed by atoms with Crippen molar-refractivity contribution in [2.45, 2.75) is 85.3 Å². The number of carbonyl (C=O) groups excluding carboxylic acids is 2. The zero-order valence-electron chi connectivity index (χ0n) is 16.8. The summed E-state index contributed by atoms with van der Waals surface area (Å²) >= 11 is 0. The quantitative estimate of drug-likeness (QED) is 0.274. The van der Waals surface area contributed by atoms with Crippen LogP contribution in [0.3, 0.4) is 0 Å². The van der Waals surface area contributed by atoms with Gasteiger partial charge in [-0.1, -0.05) is 27.7 Å². The molecule has 0 aromatic heterocycles. The molecule has 0 aromatic carbocycles. The molecule has 0 saturated carbocycles. The Hall–Kier alpha value is -1.02. The normalized spacial score (nSPS) is 16.0. The monoisotopic (exact) mass is 358 g/mol. The van der Waals surface area contributed by atoms with Crippen LogP contribution in [0.15, 0.2) is 0 Å². The number of nitrogens with two attached hydrogens (primary N) is 1. The second kappa shape index (κ2) is 10.9. The van der Waals surface area contributed by atoms with Crippen molar-refractivity contribution in [2.75, 3.05) is 6.54 Å². The van der Waals surface area contributed by atoms with Gasteiger partial charge in [0.1, 0.15) is 0 Å². The molecule has 25 heavy (non-hydrogen) atoms. The van der Waals surface area contributed by atoms with Gasteiger partial charge in [-0.25, -0.2) is 0 Å². The van der Waals surface area contributed by atoms with E-state index in [4.69, 9.17) is 10.8 Å². The minimum absolute atomic E-state index is 0.0138. The molecule has 0 rings (SSSR count). The molecule has 6 N–H and O–H groups in total. The topological polar surface area (TPSA) is 116 Å². The fourth-order valence-corrected chi connectivity index (χ4v) is 2.51. The number of amides is 1. The van der Waals surface area contributed by atoms with Crippen LogP contribution in [0.5, 0.6) is 0 Å². The van der Waals surface area contributed by atoms with Crippen LogP contribution >= 0.6 is 0 Å². The van der Waals surface area contributed by atoms with Crippen molar-refractivity contribution in [3.8, 4) is 0 Å². The molecule has 0 heterocycles. The Morgan fingerprint density at radius 1 is 1.12 bits per heavy atom. The molecular formula is C18H38N4O3. The highest BCUT2D eigenvalue weighted by atomic mass is 16.3. The van der Waals surface area contributed by atoms with Gasteiger partial charge in [0.25, 0.3) is 0 Å². The van der Waals surface area contributed by atoms with Crippen molar-refractivity contribution in [2.24, 2.45) is 17.6 Å². The second-order valence-electron chi connectivity index (χ2n) is 8.28. The van der Waals surface area contributed by atoms with Crippen LogP contribution in [-0.4, -0.2) is 47.3 Å². The molecule has 0 bridgehead atoms. The standard InChI is InChI=1S/C18H38N4O3/c1-11(2)14(22-18(5,6)7)16(24)21-13(15(23)12(3)4)9-8-10-20-17(19)25/h11-14,17,20,22,25H,8-10,19H2,1-7H3,(H,21,24). The van der Waals surface area contributed by atoms with Crippen LogP contribution in [0.25, 0.3) is 0 Å². The van der Waals surface area contributed by atoms with Gasteiger partial charge in [-0.2, -0.15) is 0 Å². The van der Waals surface area contributed by atoms with Crippen molar-refractivity contribution in [1.29, 1.82) is 0 Å². The number of ketones is 1. The molecule has 0 aliphatic heterocycles. The van der Waals surface area contributed by atoms with E-state index in [9.17, 15) is 9.59 Å². The van der Waals surface area contributed by atoms with Gasteiger partial charge in [0.15, 0.2) is 12.1 Å². The summed E-state index contributed by atoms with van der Waals surface area (Å²) in [7, 11) is 0. The molecule has 0 saturated heterocycles. The average molecular weight is 359 g/mol. The molecule has 0 radical (unpaired) electrons. The second-order valence-corrected chi connectivity index (χ2v) is 8.28. The molecule has 3 unspecified atom stereocenters. The Balaban J connectivity index is 4.95. The fourth-order valence-electron chi connectivity index (χ4n) is 2.51. The fraction of sp³-hybridized carbons (Fsp3) is 0.889. The zero-order chi connectivity index (χ0) is 19.8. The van der Waals surface area contributed by atoms with E-state index in [1.807, 2.05) is 48.5 Å². The first kappa shape index (κ1) is 24.0. The predicted octanol–water partition coefficient (Wildman–Crippen LogP) is 0.713. The lowest BCUT2D eigenvalue weighted by Crippen LogP contribution is -2.57. The van der Waals surface area contributed by atoms with Gasteiger partial charge in [0.2, 0.25) is 5.91 Å². The van der Waals surface area contributed by atoms with Crippen LogP contribution in [0.1, 0.15) is 61.3 Å². The van der Waals surface area contributed by atoms with Gasteiger partial charge in [0.05, 0.1) is 12.1 Å². The number of carbonyl (C=O) groups is 2. The average Bonchev–Trinajstić information content (AvgIpc) is 2.45. The zero-order valence-corrected chi connectivity index (χ0v) is 16.8. The summed E-state index contributed by atoms with van der Waals surface area (Å²) in [4.78, 5) is 25.2. The van der Waals surface area contributed by atoms with Gasteiger partial charge in [-0.15, -0.1) is 0 Å². The molecular weight excluding hydrogens is 320 g/mol. The van der Waals surface area contributed by atoms with Crippen molar-refractivity contribution in [1.82, 2.24) is 16.0 Å². The molecule has 0 aliphatic rings. The molecule has 7 nitrogen and oxygen atoms in total. The minimum Gasteiger partial charge on any atom is -0.366 e. The number of nitrogens with one attached hydrogen (secondary N) is 3. The highest BCUT2D eigenvalue weighted by Crippen LogP contribution is 2.11. The summed E-state index contributed by atoms with van der Waals surface area (Å²) < 4.78 is 0. The van der Waals surface area contributed by atoms with E-state index in [-0.39, 0.29) is 35.1 Å². The highest BCUT2D eigenvalue weighted by molar-refractivity contribution is 5.91. The van der Waals surface area contributed by atoms with E-state index in [1.54, 1.807) is 0 Å². The van der Waals surface area contributed by atoms with Gasteiger partial charge >= 0.3 is 0 Å². The van der Waals surface area contributed by atoms with Crippen molar-refractivity contribution >= 4 is 11.7 Å². The number of aliphatic hydroxyl groups excluding tert-OH is 1. The lowest BCUT2D eigenvalue weighted by atomic mass is 9.95. The van der Waals surface area contributed by atoms with Crippen LogP contribution < -0.4 is 21.7 Å². The van der Waals surface area contributed by atoms with Gasteiger partial charge in [-0.05, 0) is 46.1 Å². The van der Waals surface area contributed by atoms with Crippen molar-refractivity contribution < 1.29 is 14.7 Å². The summed E-state index contributed by atoms with van der Waals surface area (Å²) in [5.41, 5.74) is 5.03. The van der Waals surface area contributed by atoms with E-state index in [2.05, 4.69) is 16.0 Å². The van der Waals surface area contributed by atoms with E-state index >= 15 is 0 Å². The maximum absolute atomic E-state index is 12.7. The summed E-state index contributed by atoms with van der Waals surface area (Å²) in [5, 5.41) is 18.0. The smallest absolute Gasteiger partial charge is 0.237 e. The van der Waals surface area contributed by atoms with E-state index in [0.29, 0.717) is 19.4 Å². The largest absolute Gasteiger partial charge is 0.366 e. The summed E-state index contributed by atoms with van der Waals surface area (Å²) in [6.07, 6.45) is 0.0506. The van der Waals surface area contributed by atoms with Crippen LogP contribution in [0.2, 0.25) is 0 Å². The minimum atomic E-state index is -1.07. The Morgan fingerprint density at radius 2 is 1.68 bits per heavy atom. The first-order valence-corrected chi connectivity index (χ1v) is 9.14. The maximum atomic E-state index is 12.7. The Kier molecular flexibility index (Phi) is 10.4. The highest BCUT2D eigenvalue weighted by Gasteiger charge is 2.30. The molecule has 7 heteroatoms. The summed E-state index contributed by atoms with van der Waals surface area (Å²) in [6, 6.07) is -0.904. The number of aliphatic hydroxyl groups is 1. The van der Waals surface area contributed by atoms with Crippen LogP contribution in [-0.2, 0) is 9.59 Å². The molecule has 0 fully saturated rings. The van der Waals surface area contributed by atoms with Gasteiger partial charge in [0, 0.05) is 11.5 Å². The van der Waals surface area contributed by atoms with Gasteiger partial charge < -0.3 is 15.7 Å². The van der Waals surface area contributed by atoms with E-state index in [1.165, 1.54) is 0 Å². The molecule has 148 valence electrons. The Labute approximate surface area is 152 Å². The molecule has 0 aromatic rings. The third kappa shape index (κ3) is 10.5. The third-order valence-corrected chi connectivity index (χ3v) is 3.79. The van der Waals surface area contributed by atoms with E-state index in [0.717, 1.165) is 0 Å². The molecule has 1 amide bonds. The molecule has 0 spiro atoms. The van der Waals surface area contributed by atoms with Crippen molar-refractivity contribution in [3.63, 3.8) is 0 Å². The predicted molar refractivity (Wildman–Crippen MR) is 101 cm³/mol. The Morgan fingerprint density at radius 3 is 2.08 bits per heavy atom. The van der Waals surface area contributed by atoms with Crippen molar-refractivity contribution in [3.05, 3.63) is 0 Å². The number of hydrogen-bond donors (Lipinski definition) is 5. The third-order valence-electron chi connectivity index (χ3n) is 3.79. The lowest BCUT2D eigenvalue weighted by molar-refractivity contribution is -0.131. The SMILES string of the molecule is CC(C)C(=O)C(CCCNC(N)O)NC(=O)C(NC(C)(C)C)C(C)C. The lowest BCUT2D eigenvalue weighted by Gasteiger charge is -2.31. The van der Waals surface area contributed by atoms with Crippen LogP contribution in [0, 0.1) is 11.8 Å². The maximum Gasteiger partial charge on any atom is 0.237 e. The number of Topliss-reactive ketones (excluding diaryl/α,β-unsaturated/α-hetero) is 1. The summed E-state index contributed by atoms with van der Waals surface area (Å²) in [5.74, 6) is -0.204. The van der Waals surface area contributed by atoms with E-state index < -0.39 is 12.4 Å². The number of rotatable bonds is 11. The van der Waals surface area contributed by atoms with Gasteiger partial charge in [-0.3, -0.25) is 20.6 Å². The van der Waals surface area contributed by atoms with Crippen LogP contribution in [0.4, 0.5) is 0 Å². The first-order valence-electron chi connectivity index (χ1n) is 9.14. The number of hydrogen-bond acceptors (Lipinski definition) is 6.